The van der Waals surface area contributed by atoms with Crippen molar-refractivity contribution in [3.8, 4) is 0 Å². The Morgan fingerprint density at radius 2 is 1.17 bits per heavy atom. The zero-order valence-electron chi connectivity index (χ0n) is 19.2. The number of aromatic nitrogens is 1. The van der Waals surface area contributed by atoms with Crippen molar-refractivity contribution in [1.29, 1.82) is 0 Å². The Morgan fingerprint density at radius 3 is 1.64 bits per heavy atom. The van der Waals surface area contributed by atoms with Crippen LogP contribution in [0.25, 0.3) is 0 Å². The molecule has 0 radical (unpaired) electrons. The van der Waals surface area contributed by atoms with Crippen molar-refractivity contribution in [2.24, 2.45) is 5.73 Å². The van der Waals surface area contributed by atoms with Crippen LogP contribution in [0, 0.1) is 0 Å². The summed E-state index contributed by atoms with van der Waals surface area (Å²) < 4.78 is 0. The average molecular weight is 550 g/mol. The van der Waals surface area contributed by atoms with Crippen LogP contribution in [0.1, 0.15) is 57.2 Å². The third kappa shape index (κ3) is 5.65. The van der Waals surface area contributed by atoms with E-state index in [-0.39, 0.29) is 5.91 Å². The van der Waals surface area contributed by atoms with E-state index in [9.17, 15) is 9.59 Å². The van der Waals surface area contributed by atoms with E-state index in [1.807, 2.05) is 70.1 Å². The van der Waals surface area contributed by atoms with E-state index in [1.54, 1.807) is 45.3 Å². The molecule has 5 nitrogen and oxygen atoms in total. The van der Waals surface area contributed by atoms with Crippen molar-refractivity contribution < 1.29 is 9.59 Å². The molecule has 2 amide bonds. The van der Waals surface area contributed by atoms with Crippen LogP contribution < -0.4 is 11.1 Å². The highest BCUT2D eigenvalue weighted by Crippen LogP contribution is 2.30. The molecule has 0 unspecified atom stereocenters. The van der Waals surface area contributed by atoms with Crippen molar-refractivity contribution in [3.05, 3.63) is 118 Å². The second-order valence-corrected chi connectivity index (χ2v) is 12.3. The molecule has 5 heterocycles. The molecule has 0 atom stereocenters. The van der Waals surface area contributed by atoms with Gasteiger partial charge in [0.15, 0.2) is 0 Å². The molecular formula is C27H23N3O2S4. The zero-order valence-corrected chi connectivity index (χ0v) is 22.5. The van der Waals surface area contributed by atoms with Gasteiger partial charge in [-0.15, -0.1) is 45.3 Å². The lowest BCUT2D eigenvalue weighted by molar-refractivity contribution is 0.0949. The molecule has 36 heavy (non-hydrogen) atoms. The van der Waals surface area contributed by atoms with Crippen molar-refractivity contribution in [3.63, 3.8) is 0 Å². The number of carbonyl (C=O) groups is 2. The average Bonchev–Trinajstić information content (AvgIpc) is 3.67. The molecule has 182 valence electrons. The molecule has 0 saturated carbocycles. The molecule has 0 aliphatic heterocycles. The molecular weight excluding hydrogens is 527 g/mol. The predicted octanol–water partition coefficient (Wildman–Crippen LogP) is 6.13. The first kappa shape index (κ1) is 24.6. The molecule has 0 aromatic carbocycles. The number of hydrogen-bond acceptors (Lipinski definition) is 7. The van der Waals surface area contributed by atoms with E-state index < -0.39 is 5.91 Å². The van der Waals surface area contributed by atoms with Gasteiger partial charge in [0.25, 0.3) is 11.8 Å². The standard InChI is InChI=1S/C27H23N3O2S4/c28-26(31)24-21(13-17-5-1-9-33-17)25(27(32)29-16-20-8-4-12-36-20)23(15-19-7-3-11-35-19)30-22(24)14-18-6-2-10-34-18/h1-12H,13-16H2,(H2,28,31)(H,29,32). The monoisotopic (exact) mass is 549 g/mol. The highest BCUT2D eigenvalue weighted by atomic mass is 32.1. The number of pyridine rings is 1. The summed E-state index contributed by atoms with van der Waals surface area (Å²) in [6.45, 7) is 0.413. The number of primary amides is 1. The van der Waals surface area contributed by atoms with Gasteiger partial charge < -0.3 is 11.1 Å². The third-order valence-electron chi connectivity index (χ3n) is 5.70. The summed E-state index contributed by atoms with van der Waals surface area (Å²) in [4.78, 5) is 35.9. The van der Waals surface area contributed by atoms with E-state index in [1.165, 1.54) is 0 Å². The van der Waals surface area contributed by atoms with Gasteiger partial charge in [-0.05, 0) is 51.3 Å². The van der Waals surface area contributed by atoms with Crippen LogP contribution in [0.15, 0.2) is 70.1 Å². The fourth-order valence-electron chi connectivity index (χ4n) is 4.15. The van der Waals surface area contributed by atoms with Gasteiger partial charge in [0.05, 0.1) is 29.1 Å². The lowest BCUT2D eigenvalue weighted by Gasteiger charge is -2.20. The Kier molecular flexibility index (Phi) is 7.72. The van der Waals surface area contributed by atoms with Gasteiger partial charge in [-0.2, -0.15) is 0 Å². The summed E-state index contributed by atoms with van der Waals surface area (Å²) in [6, 6.07) is 16.0. The normalized spacial score (nSPS) is 11.0. The first-order valence-corrected chi connectivity index (χ1v) is 14.8. The molecule has 0 aliphatic carbocycles. The van der Waals surface area contributed by atoms with Gasteiger partial charge >= 0.3 is 0 Å². The minimum absolute atomic E-state index is 0.237. The van der Waals surface area contributed by atoms with E-state index >= 15 is 0 Å². The van der Waals surface area contributed by atoms with E-state index in [0.717, 1.165) is 19.5 Å². The molecule has 5 rings (SSSR count). The second kappa shape index (κ2) is 11.3. The minimum atomic E-state index is -0.560. The van der Waals surface area contributed by atoms with Crippen molar-refractivity contribution in [2.75, 3.05) is 0 Å². The number of hydrogen-bond donors (Lipinski definition) is 2. The molecule has 0 saturated heterocycles. The number of nitrogens with two attached hydrogens (primary N) is 1. The second-order valence-electron chi connectivity index (χ2n) is 8.13. The summed E-state index contributed by atoms with van der Waals surface area (Å²) in [7, 11) is 0. The first-order valence-electron chi connectivity index (χ1n) is 11.3. The van der Waals surface area contributed by atoms with Crippen LogP contribution in [0.3, 0.4) is 0 Å². The number of nitrogens with one attached hydrogen (secondary N) is 1. The number of amides is 2. The maximum Gasteiger partial charge on any atom is 0.253 e. The first-order chi connectivity index (χ1) is 17.6. The Hall–Kier alpha value is -3.11. The lowest BCUT2D eigenvalue weighted by atomic mass is 9.91. The fraction of sp³-hybridized carbons (Fsp3) is 0.148. The quantitative estimate of drug-likeness (QED) is 0.220. The van der Waals surface area contributed by atoms with Crippen LogP contribution in [0.2, 0.25) is 0 Å². The Labute approximate surface area is 225 Å². The summed E-state index contributed by atoms with van der Waals surface area (Å²) in [5.41, 5.74) is 8.74. The smallest absolute Gasteiger partial charge is 0.253 e. The zero-order chi connectivity index (χ0) is 24.9. The molecule has 0 fully saturated rings. The van der Waals surface area contributed by atoms with Crippen molar-refractivity contribution in [1.82, 2.24) is 10.3 Å². The predicted molar refractivity (Wildman–Crippen MR) is 150 cm³/mol. The Balaban J connectivity index is 1.67. The van der Waals surface area contributed by atoms with Crippen LogP contribution in [0.5, 0.6) is 0 Å². The van der Waals surface area contributed by atoms with Gasteiger partial charge in [-0.25, -0.2) is 0 Å². The maximum atomic E-state index is 13.8. The van der Waals surface area contributed by atoms with Crippen LogP contribution in [0.4, 0.5) is 0 Å². The number of carbonyl (C=O) groups excluding carboxylic acids is 2. The summed E-state index contributed by atoms with van der Waals surface area (Å²) in [6.07, 6.45) is 1.43. The van der Waals surface area contributed by atoms with Gasteiger partial charge in [0, 0.05) is 38.8 Å². The van der Waals surface area contributed by atoms with Gasteiger partial charge in [-0.3, -0.25) is 14.6 Å². The van der Waals surface area contributed by atoms with Crippen LogP contribution in [-0.4, -0.2) is 16.8 Å². The van der Waals surface area contributed by atoms with Crippen LogP contribution >= 0.6 is 45.3 Å². The molecule has 0 bridgehead atoms. The molecule has 5 aromatic heterocycles. The number of nitrogens with zero attached hydrogens (tertiary/aromatic N) is 1. The van der Waals surface area contributed by atoms with E-state index in [4.69, 9.17) is 10.7 Å². The Bertz CT molecular complexity index is 1440. The summed E-state index contributed by atoms with van der Waals surface area (Å²) in [5, 5.41) is 11.1. The largest absolute Gasteiger partial charge is 0.366 e. The lowest BCUT2D eigenvalue weighted by Crippen LogP contribution is -2.29. The molecule has 9 heteroatoms. The highest BCUT2D eigenvalue weighted by molar-refractivity contribution is 7.10. The maximum absolute atomic E-state index is 13.8. The van der Waals surface area contributed by atoms with Gasteiger partial charge in [-0.1, -0.05) is 24.3 Å². The third-order valence-corrected chi connectivity index (χ3v) is 9.21. The van der Waals surface area contributed by atoms with Gasteiger partial charge in [0.2, 0.25) is 0 Å². The molecule has 3 N–H and O–H groups in total. The van der Waals surface area contributed by atoms with E-state index in [0.29, 0.717) is 53.9 Å². The van der Waals surface area contributed by atoms with Crippen LogP contribution in [-0.2, 0) is 25.8 Å². The number of rotatable bonds is 10. The molecule has 0 aliphatic rings. The van der Waals surface area contributed by atoms with Crippen molar-refractivity contribution >= 4 is 57.2 Å². The fourth-order valence-corrected chi connectivity index (χ4v) is 6.93. The molecule has 5 aromatic rings. The highest BCUT2D eigenvalue weighted by Gasteiger charge is 2.27. The summed E-state index contributed by atoms with van der Waals surface area (Å²) in [5.74, 6) is -0.797. The van der Waals surface area contributed by atoms with Gasteiger partial charge in [0.1, 0.15) is 0 Å². The Morgan fingerprint density at radius 1 is 0.694 bits per heavy atom. The SMILES string of the molecule is NC(=O)c1c(Cc2cccs2)nc(Cc2cccs2)c(C(=O)NCc2cccs2)c1Cc1cccs1. The van der Waals surface area contributed by atoms with E-state index in [2.05, 4.69) is 5.32 Å². The topological polar surface area (TPSA) is 85.1 Å². The van der Waals surface area contributed by atoms with Crippen molar-refractivity contribution in [2.45, 2.75) is 25.8 Å². The minimum Gasteiger partial charge on any atom is -0.366 e. The molecule has 0 spiro atoms. The number of thiophene rings is 4. The summed E-state index contributed by atoms with van der Waals surface area (Å²) >= 11 is 6.42.